The van der Waals surface area contributed by atoms with Gasteiger partial charge in [0.05, 0.1) is 0 Å². The molecule has 5 nitrogen and oxygen atoms in total. The molecule has 0 bridgehead atoms. The smallest absolute Gasteiger partial charge is 0.377 e. The van der Waals surface area contributed by atoms with E-state index >= 15 is 0 Å². The molecule has 0 heterocycles. The van der Waals surface area contributed by atoms with Crippen molar-refractivity contribution >= 4 is 14.9 Å². The summed E-state index contributed by atoms with van der Waals surface area (Å²) in [7, 11) is 2.40. The molecular weight excluding hydrogens is 308 g/mol. The molecule has 1 unspecified atom stereocenters. The summed E-state index contributed by atoms with van der Waals surface area (Å²) in [5.74, 6) is 0. The summed E-state index contributed by atoms with van der Waals surface area (Å²) in [6, 6.07) is 11.1. The first-order valence-corrected chi connectivity index (χ1v) is 9.92. The van der Waals surface area contributed by atoms with E-state index in [1.165, 1.54) is 5.56 Å². The summed E-state index contributed by atoms with van der Waals surface area (Å²) in [4.78, 5) is 0. The van der Waals surface area contributed by atoms with Gasteiger partial charge in [0.15, 0.2) is 0 Å². The average Bonchev–Trinajstić information content (AvgIpc) is 2.60. The van der Waals surface area contributed by atoms with Crippen molar-refractivity contribution in [1.29, 1.82) is 0 Å². The van der Waals surface area contributed by atoms with Crippen LogP contribution in [0.15, 0.2) is 36.4 Å². The zero-order valence-corrected chi connectivity index (χ0v) is 15.5. The lowest BCUT2D eigenvalue weighted by atomic mass is 10.2. The minimum atomic E-state index is -2.49. The molecule has 1 aromatic rings. The first-order chi connectivity index (χ1) is 11.2. The zero-order chi connectivity index (χ0) is 17.0. The molecule has 0 fully saturated rings. The molecule has 0 saturated heterocycles. The third kappa shape index (κ3) is 7.87. The molecule has 0 aliphatic carbocycles. The van der Waals surface area contributed by atoms with Crippen LogP contribution in [-0.2, 0) is 13.3 Å². The SMILES string of the molecule is CO[Si](CCC(N)CCNCC=Cc1ccccc1)(OC)OC. The second-order valence-corrected chi connectivity index (χ2v) is 8.49. The molecule has 23 heavy (non-hydrogen) atoms. The summed E-state index contributed by atoms with van der Waals surface area (Å²) in [6.07, 6.45) is 5.99. The first-order valence-electron chi connectivity index (χ1n) is 7.99. The van der Waals surface area contributed by atoms with Gasteiger partial charge in [0.1, 0.15) is 0 Å². The van der Waals surface area contributed by atoms with Crippen molar-refractivity contribution in [3.05, 3.63) is 42.0 Å². The van der Waals surface area contributed by atoms with Crippen molar-refractivity contribution in [2.45, 2.75) is 24.9 Å². The Morgan fingerprint density at radius 3 is 2.35 bits per heavy atom. The standard InChI is InChI=1S/C17H30N2O3Si/c1-20-23(21-2,22-3)15-12-17(18)11-14-19-13-7-10-16-8-5-4-6-9-16/h4-10,17,19H,11-15,18H2,1-3H3. The fourth-order valence-electron chi connectivity index (χ4n) is 2.29. The minimum absolute atomic E-state index is 0.118. The normalized spacial score (nSPS) is 13.6. The largest absolute Gasteiger partial charge is 0.500 e. The fourth-order valence-corrected chi connectivity index (χ4v) is 4.13. The third-order valence-electron chi connectivity index (χ3n) is 3.82. The van der Waals surface area contributed by atoms with Gasteiger partial charge in [-0.25, -0.2) is 0 Å². The molecule has 0 spiro atoms. The maximum atomic E-state index is 6.15. The topological polar surface area (TPSA) is 65.7 Å². The van der Waals surface area contributed by atoms with Crippen LogP contribution < -0.4 is 11.1 Å². The highest BCUT2D eigenvalue weighted by molar-refractivity contribution is 6.60. The van der Waals surface area contributed by atoms with E-state index in [9.17, 15) is 0 Å². The molecule has 1 aromatic carbocycles. The fraction of sp³-hybridized carbons (Fsp3) is 0.529. The van der Waals surface area contributed by atoms with Gasteiger partial charge in [0.25, 0.3) is 0 Å². The van der Waals surface area contributed by atoms with Crippen LogP contribution in [0.25, 0.3) is 6.08 Å². The van der Waals surface area contributed by atoms with Gasteiger partial charge in [-0.05, 0) is 24.9 Å². The Labute approximate surface area is 141 Å². The predicted molar refractivity (Wildman–Crippen MR) is 97.1 cm³/mol. The van der Waals surface area contributed by atoms with Crippen molar-refractivity contribution in [3.63, 3.8) is 0 Å². The number of hydrogen-bond acceptors (Lipinski definition) is 5. The van der Waals surface area contributed by atoms with E-state index in [0.29, 0.717) is 0 Å². The molecule has 0 radical (unpaired) electrons. The number of hydrogen-bond donors (Lipinski definition) is 2. The van der Waals surface area contributed by atoms with Gasteiger partial charge in [-0.2, -0.15) is 0 Å². The molecule has 0 aliphatic heterocycles. The van der Waals surface area contributed by atoms with Gasteiger partial charge >= 0.3 is 8.80 Å². The van der Waals surface area contributed by atoms with Crippen LogP contribution in [0.4, 0.5) is 0 Å². The van der Waals surface area contributed by atoms with Crippen LogP contribution in [0.3, 0.4) is 0 Å². The zero-order valence-electron chi connectivity index (χ0n) is 14.5. The highest BCUT2D eigenvalue weighted by Gasteiger charge is 2.37. The van der Waals surface area contributed by atoms with Crippen LogP contribution in [0, 0.1) is 0 Å². The quantitative estimate of drug-likeness (QED) is 0.452. The Kier molecular flexibility index (Phi) is 10.0. The summed E-state index contributed by atoms with van der Waals surface area (Å²) >= 11 is 0. The minimum Gasteiger partial charge on any atom is -0.377 e. The van der Waals surface area contributed by atoms with E-state index in [2.05, 4.69) is 29.6 Å². The molecule has 3 N–H and O–H groups in total. The van der Waals surface area contributed by atoms with Gasteiger partial charge in [0.2, 0.25) is 0 Å². The molecule has 0 aliphatic rings. The highest BCUT2D eigenvalue weighted by Crippen LogP contribution is 2.16. The van der Waals surface area contributed by atoms with Gasteiger partial charge in [-0.1, -0.05) is 42.5 Å². The van der Waals surface area contributed by atoms with Gasteiger partial charge in [-0.15, -0.1) is 0 Å². The lowest BCUT2D eigenvalue weighted by molar-refractivity contribution is 0.122. The molecule has 1 rings (SSSR count). The molecular formula is C17H30N2O3Si. The summed E-state index contributed by atoms with van der Waals surface area (Å²) in [6.45, 7) is 1.73. The van der Waals surface area contributed by atoms with E-state index in [0.717, 1.165) is 32.0 Å². The van der Waals surface area contributed by atoms with Crippen LogP contribution in [-0.4, -0.2) is 49.3 Å². The Balaban J connectivity index is 2.14. The van der Waals surface area contributed by atoms with E-state index in [1.54, 1.807) is 21.3 Å². The summed E-state index contributed by atoms with van der Waals surface area (Å²) in [5.41, 5.74) is 7.36. The maximum Gasteiger partial charge on any atom is 0.500 e. The van der Waals surface area contributed by atoms with Crippen LogP contribution in [0.1, 0.15) is 18.4 Å². The predicted octanol–water partition coefficient (Wildman–Crippen LogP) is 2.28. The van der Waals surface area contributed by atoms with Gasteiger partial charge in [0, 0.05) is 40.0 Å². The summed E-state index contributed by atoms with van der Waals surface area (Å²) in [5, 5.41) is 3.38. The average molecular weight is 339 g/mol. The van der Waals surface area contributed by atoms with Crippen molar-refractivity contribution in [1.82, 2.24) is 5.32 Å². The van der Waals surface area contributed by atoms with Crippen molar-refractivity contribution in [2.75, 3.05) is 34.4 Å². The Morgan fingerprint density at radius 1 is 1.09 bits per heavy atom. The lowest BCUT2D eigenvalue weighted by Crippen LogP contribution is -2.44. The van der Waals surface area contributed by atoms with Crippen molar-refractivity contribution in [2.24, 2.45) is 5.73 Å². The van der Waals surface area contributed by atoms with Crippen LogP contribution >= 0.6 is 0 Å². The molecule has 0 aromatic heterocycles. The second kappa shape index (κ2) is 11.5. The van der Waals surface area contributed by atoms with E-state index in [1.807, 2.05) is 18.2 Å². The van der Waals surface area contributed by atoms with Gasteiger partial charge < -0.3 is 24.3 Å². The summed E-state index contributed by atoms with van der Waals surface area (Å²) < 4.78 is 16.2. The van der Waals surface area contributed by atoms with Gasteiger partial charge in [-0.3, -0.25) is 0 Å². The molecule has 0 amide bonds. The number of nitrogens with one attached hydrogen (secondary N) is 1. The molecule has 6 heteroatoms. The number of nitrogens with two attached hydrogens (primary N) is 1. The van der Waals surface area contributed by atoms with E-state index < -0.39 is 8.80 Å². The molecule has 130 valence electrons. The van der Waals surface area contributed by atoms with E-state index in [4.69, 9.17) is 19.0 Å². The Bertz CT molecular complexity index is 430. The lowest BCUT2D eigenvalue weighted by Gasteiger charge is -2.25. The maximum absolute atomic E-state index is 6.15. The first kappa shape index (κ1) is 20.0. The second-order valence-electron chi connectivity index (χ2n) is 5.40. The van der Waals surface area contributed by atoms with Crippen molar-refractivity contribution in [3.8, 4) is 0 Å². The Hall–Kier alpha value is -1.02. The van der Waals surface area contributed by atoms with E-state index in [-0.39, 0.29) is 6.04 Å². The Morgan fingerprint density at radius 2 is 1.74 bits per heavy atom. The van der Waals surface area contributed by atoms with Crippen LogP contribution in [0.2, 0.25) is 6.04 Å². The third-order valence-corrected chi connectivity index (χ3v) is 6.59. The molecule has 0 saturated carbocycles. The monoisotopic (exact) mass is 338 g/mol. The highest BCUT2D eigenvalue weighted by atomic mass is 28.4. The molecule has 1 atom stereocenters. The number of benzene rings is 1. The van der Waals surface area contributed by atoms with Crippen LogP contribution in [0.5, 0.6) is 0 Å². The van der Waals surface area contributed by atoms with Crippen molar-refractivity contribution < 1.29 is 13.3 Å². The number of rotatable bonds is 12.